The summed E-state index contributed by atoms with van der Waals surface area (Å²) >= 11 is 0. The first-order valence-electron chi connectivity index (χ1n) is 8.32. The Kier molecular flexibility index (Phi) is 4.98. The van der Waals surface area contributed by atoms with Crippen LogP contribution in [0.1, 0.15) is 47.9 Å². The third-order valence-electron chi connectivity index (χ3n) is 4.08. The molecule has 8 nitrogen and oxygen atoms in total. The van der Waals surface area contributed by atoms with E-state index in [1.807, 2.05) is 32.8 Å². The van der Waals surface area contributed by atoms with E-state index < -0.39 is 0 Å². The first-order chi connectivity index (χ1) is 12.0. The molecule has 0 bridgehead atoms. The fourth-order valence-electron chi connectivity index (χ4n) is 2.63. The number of carbonyl (C=O) groups is 1. The van der Waals surface area contributed by atoms with Crippen LogP contribution < -0.4 is 4.90 Å². The summed E-state index contributed by atoms with van der Waals surface area (Å²) in [5.74, 6) is 1.75. The number of rotatable bonds is 4. The van der Waals surface area contributed by atoms with Crippen molar-refractivity contribution in [2.45, 2.75) is 25.8 Å². The fraction of sp³-hybridized carbons (Fsp3) is 0.529. The first kappa shape index (κ1) is 17.3. The molecule has 25 heavy (non-hydrogen) atoms. The van der Waals surface area contributed by atoms with Crippen LogP contribution in [0.3, 0.4) is 0 Å². The summed E-state index contributed by atoms with van der Waals surface area (Å²) in [5.41, 5.74) is 0.578. The van der Waals surface area contributed by atoms with Crippen LogP contribution in [0.25, 0.3) is 0 Å². The topological polar surface area (TPSA) is 84.6 Å². The van der Waals surface area contributed by atoms with Crippen molar-refractivity contribution in [1.29, 1.82) is 0 Å². The van der Waals surface area contributed by atoms with Crippen molar-refractivity contribution < 1.29 is 13.9 Å². The van der Waals surface area contributed by atoms with Gasteiger partial charge in [-0.15, -0.1) is 10.2 Å². The average molecular weight is 345 g/mol. The normalized spacial score (nSPS) is 17.8. The maximum atomic E-state index is 13.0. The van der Waals surface area contributed by atoms with Gasteiger partial charge in [-0.1, -0.05) is 13.8 Å². The summed E-state index contributed by atoms with van der Waals surface area (Å²) in [4.78, 5) is 20.9. The van der Waals surface area contributed by atoms with E-state index in [2.05, 4.69) is 15.2 Å². The van der Waals surface area contributed by atoms with E-state index in [0.29, 0.717) is 37.1 Å². The Morgan fingerprint density at radius 2 is 2.16 bits per heavy atom. The Labute approximate surface area is 146 Å². The summed E-state index contributed by atoms with van der Waals surface area (Å²) in [6.45, 7) is 5.27. The SMILES string of the molecule is CC(C)c1nnc([C@H]2COCCN2C(=O)c2ccnc(N(C)C)c2)o1. The van der Waals surface area contributed by atoms with Gasteiger partial charge in [0.05, 0.1) is 13.2 Å². The molecule has 3 rings (SSSR count). The van der Waals surface area contributed by atoms with E-state index in [1.165, 1.54) is 0 Å². The molecule has 1 aliphatic heterocycles. The second-order valence-electron chi connectivity index (χ2n) is 6.52. The molecule has 1 fully saturated rings. The highest BCUT2D eigenvalue weighted by molar-refractivity contribution is 5.95. The zero-order chi connectivity index (χ0) is 18.0. The minimum atomic E-state index is -0.378. The molecule has 0 spiro atoms. The maximum Gasteiger partial charge on any atom is 0.254 e. The Morgan fingerprint density at radius 3 is 2.84 bits per heavy atom. The van der Waals surface area contributed by atoms with E-state index in [1.54, 1.807) is 23.2 Å². The van der Waals surface area contributed by atoms with Crippen LogP contribution in [0.4, 0.5) is 5.82 Å². The molecule has 3 heterocycles. The van der Waals surface area contributed by atoms with E-state index in [9.17, 15) is 4.79 Å². The van der Waals surface area contributed by atoms with Gasteiger partial charge in [0.1, 0.15) is 11.9 Å². The molecule has 0 radical (unpaired) electrons. The van der Waals surface area contributed by atoms with Gasteiger partial charge in [0.25, 0.3) is 5.91 Å². The van der Waals surface area contributed by atoms with Crippen LogP contribution in [0.2, 0.25) is 0 Å². The van der Waals surface area contributed by atoms with E-state index in [0.717, 1.165) is 5.82 Å². The Bertz CT molecular complexity index is 743. The molecule has 8 heteroatoms. The molecular weight excluding hydrogens is 322 g/mol. The highest BCUT2D eigenvalue weighted by Gasteiger charge is 2.33. The second-order valence-corrected chi connectivity index (χ2v) is 6.52. The summed E-state index contributed by atoms with van der Waals surface area (Å²) in [6.07, 6.45) is 1.64. The molecule has 0 aliphatic carbocycles. The van der Waals surface area contributed by atoms with Crippen molar-refractivity contribution in [3.05, 3.63) is 35.7 Å². The molecule has 0 saturated carbocycles. The van der Waals surface area contributed by atoms with Crippen molar-refractivity contribution in [1.82, 2.24) is 20.1 Å². The average Bonchev–Trinajstić information content (AvgIpc) is 3.11. The minimum Gasteiger partial charge on any atom is -0.423 e. The van der Waals surface area contributed by atoms with E-state index in [-0.39, 0.29) is 17.9 Å². The second kappa shape index (κ2) is 7.18. The number of hydrogen-bond acceptors (Lipinski definition) is 7. The summed E-state index contributed by atoms with van der Waals surface area (Å²) in [5, 5.41) is 8.19. The maximum absolute atomic E-state index is 13.0. The van der Waals surface area contributed by atoms with Crippen molar-refractivity contribution in [2.24, 2.45) is 0 Å². The van der Waals surface area contributed by atoms with Crippen LogP contribution in [0.15, 0.2) is 22.7 Å². The van der Waals surface area contributed by atoms with Gasteiger partial charge >= 0.3 is 0 Å². The number of nitrogens with zero attached hydrogens (tertiary/aromatic N) is 5. The lowest BCUT2D eigenvalue weighted by Crippen LogP contribution is -2.43. The number of aromatic nitrogens is 3. The minimum absolute atomic E-state index is 0.0944. The molecule has 0 unspecified atom stereocenters. The third-order valence-corrected chi connectivity index (χ3v) is 4.08. The van der Waals surface area contributed by atoms with E-state index >= 15 is 0 Å². The molecule has 2 aromatic heterocycles. The molecule has 1 saturated heterocycles. The van der Waals surface area contributed by atoms with Gasteiger partial charge in [-0.25, -0.2) is 4.98 Å². The molecule has 1 amide bonds. The Hall–Kier alpha value is -2.48. The standard InChI is InChI=1S/C17H23N5O3/c1-11(2)15-19-20-16(25-15)13-10-24-8-7-22(13)17(23)12-5-6-18-14(9-12)21(3)4/h5-6,9,11,13H,7-8,10H2,1-4H3/t13-/m1/s1. The number of morpholine rings is 1. The number of amides is 1. The van der Waals surface area contributed by atoms with Crippen LogP contribution in [0.5, 0.6) is 0 Å². The molecule has 0 aromatic carbocycles. The largest absolute Gasteiger partial charge is 0.423 e. The van der Waals surface area contributed by atoms with Crippen LogP contribution in [0, 0.1) is 0 Å². The van der Waals surface area contributed by atoms with Gasteiger partial charge in [-0.3, -0.25) is 4.79 Å². The van der Waals surface area contributed by atoms with Crippen LogP contribution in [-0.2, 0) is 4.74 Å². The van der Waals surface area contributed by atoms with Gasteiger partial charge < -0.3 is 19.0 Å². The van der Waals surface area contributed by atoms with Crippen LogP contribution in [-0.4, -0.2) is 59.8 Å². The number of pyridine rings is 1. The quantitative estimate of drug-likeness (QED) is 0.836. The van der Waals surface area contributed by atoms with E-state index in [4.69, 9.17) is 9.15 Å². The molecule has 2 aromatic rings. The molecule has 1 aliphatic rings. The summed E-state index contributed by atoms with van der Waals surface area (Å²) in [6, 6.07) is 3.12. The highest BCUT2D eigenvalue weighted by Crippen LogP contribution is 2.27. The molecule has 1 atom stereocenters. The summed E-state index contributed by atoms with van der Waals surface area (Å²) < 4.78 is 11.3. The van der Waals surface area contributed by atoms with Gasteiger partial charge in [-0.2, -0.15) is 0 Å². The first-order valence-corrected chi connectivity index (χ1v) is 8.32. The summed E-state index contributed by atoms with van der Waals surface area (Å²) in [7, 11) is 3.78. The van der Waals surface area contributed by atoms with Crippen molar-refractivity contribution in [3.8, 4) is 0 Å². The number of anilines is 1. The predicted molar refractivity (Wildman–Crippen MR) is 91.5 cm³/mol. The number of hydrogen-bond donors (Lipinski definition) is 0. The van der Waals surface area contributed by atoms with Crippen molar-refractivity contribution >= 4 is 11.7 Å². The third kappa shape index (κ3) is 3.63. The lowest BCUT2D eigenvalue weighted by Gasteiger charge is -2.33. The Balaban J connectivity index is 1.87. The highest BCUT2D eigenvalue weighted by atomic mass is 16.5. The van der Waals surface area contributed by atoms with Gasteiger partial charge in [0.15, 0.2) is 0 Å². The predicted octanol–water partition coefficient (Wildman–Crippen LogP) is 1.87. The fourth-order valence-corrected chi connectivity index (χ4v) is 2.63. The molecule has 0 N–H and O–H groups in total. The van der Waals surface area contributed by atoms with Gasteiger partial charge in [0, 0.05) is 38.3 Å². The monoisotopic (exact) mass is 345 g/mol. The number of ether oxygens (including phenoxy) is 1. The van der Waals surface area contributed by atoms with Crippen LogP contribution >= 0.6 is 0 Å². The Morgan fingerprint density at radius 1 is 1.36 bits per heavy atom. The smallest absolute Gasteiger partial charge is 0.254 e. The lowest BCUT2D eigenvalue weighted by atomic mass is 10.1. The van der Waals surface area contributed by atoms with Gasteiger partial charge in [0.2, 0.25) is 11.8 Å². The van der Waals surface area contributed by atoms with Crippen molar-refractivity contribution in [2.75, 3.05) is 38.8 Å². The van der Waals surface area contributed by atoms with Crippen molar-refractivity contribution in [3.63, 3.8) is 0 Å². The van der Waals surface area contributed by atoms with Gasteiger partial charge in [-0.05, 0) is 12.1 Å². The number of carbonyl (C=O) groups excluding carboxylic acids is 1. The molecular formula is C17H23N5O3. The lowest BCUT2D eigenvalue weighted by molar-refractivity contribution is -0.0107. The zero-order valence-electron chi connectivity index (χ0n) is 15.0. The molecule has 134 valence electrons. The zero-order valence-corrected chi connectivity index (χ0v) is 15.0.